The van der Waals surface area contributed by atoms with Crippen LogP contribution in [0.1, 0.15) is 0 Å². The molecule has 0 radical (unpaired) electrons. The average Bonchev–Trinajstić information content (AvgIpc) is 2.71. The quantitative estimate of drug-likeness (QED) is 0.672. The van der Waals surface area contributed by atoms with Crippen LogP contribution in [0.25, 0.3) is 10.6 Å². The number of hydrogen-bond acceptors (Lipinski definition) is 5. The summed E-state index contributed by atoms with van der Waals surface area (Å²) in [6.45, 7) is 0. The van der Waals surface area contributed by atoms with Gasteiger partial charge in [0.05, 0.1) is 5.59 Å². The van der Waals surface area contributed by atoms with Crippen molar-refractivity contribution in [3.63, 3.8) is 0 Å². The van der Waals surface area contributed by atoms with Crippen LogP contribution >= 0.6 is 11.3 Å². The fourth-order valence-electron chi connectivity index (χ4n) is 1.09. The molecule has 0 atom stereocenters. The summed E-state index contributed by atoms with van der Waals surface area (Å²) >= 11 is 1.49. The maximum atomic E-state index is 8.92. The van der Waals surface area contributed by atoms with E-state index in [0.29, 0.717) is 0 Å². The third-order valence-electron chi connectivity index (χ3n) is 1.72. The first kappa shape index (κ1) is 9.33. The molecule has 0 spiro atoms. The number of thiazole rings is 1. The van der Waals surface area contributed by atoms with Crippen molar-refractivity contribution in [3.8, 4) is 10.6 Å². The second-order valence-electron chi connectivity index (χ2n) is 2.68. The maximum absolute atomic E-state index is 8.92. The average molecular weight is 206 g/mol. The van der Waals surface area contributed by atoms with Crippen LogP contribution in [0.4, 0.5) is 0 Å². The molecule has 70 valence electrons. The zero-order valence-corrected chi connectivity index (χ0v) is 7.98. The minimum Gasteiger partial charge on any atom is -0.422 e. The van der Waals surface area contributed by atoms with E-state index in [1.54, 1.807) is 18.3 Å². The van der Waals surface area contributed by atoms with Gasteiger partial charge >= 0.3 is 7.12 Å². The summed E-state index contributed by atoms with van der Waals surface area (Å²) < 4.78 is 0. The lowest BCUT2D eigenvalue weighted by molar-refractivity contribution is 0.424. The molecule has 0 bridgehead atoms. The molecule has 0 aromatic carbocycles. The van der Waals surface area contributed by atoms with Crippen LogP contribution in [-0.4, -0.2) is 27.1 Å². The van der Waals surface area contributed by atoms with Gasteiger partial charge in [0.1, 0.15) is 5.01 Å². The molecule has 2 aromatic rings. The van der Waals surface area contributed by atoms with E-state index in [2.05, 4.69) is 9.97 Å². The largest absolute Gasteiger partial charge is 0.508 e. The van der Waals surface area contributed by atoms with Crippen molar-refractivity contribution in [2.75, 3.05) is 0 Å². The van der Waals surface area contributed by atoms with Gasteiger partial charge < -0.3 is 10.0 Å². The van der Waals surface area contributed by atoms with Crippen LogP contribution in [0.15, 0.2) is 29.9 Å². The van der Waals surface area contributed by atoms with E-state index in [1.807, 2.05) is 5.38 Å². The van der Waals surface area contributed by atoms with Gasteiger partial charge in [-0.25, -0.2) is 4.98 Å². The molecule has 0 amide bonds. The van der Waals surface area contributed by atoms with Crippen LogP contribution in [0.5, 0.6) is 0 Å². The Bertz CT molecular complexity index is 419. The predicted molar refractivity (Wildman–Crippen MR) is 55.2 cm³/mol. The smallest absolute Gasteiger partial charge is 0.422 e. The first-order valence-electron chi connectivity index (χ1n) is 3.99. The molecule has 14 heavy (non-hydrogen) atoms. The summed E-state index contributed by atoms with van der Waals surface area (Å²) in [4.78, 5) is 7.94. The number of rotatable bonds is 2. The lowest BCUT2D eigenvalue weighted by Crippen LogP contribution is -2.32. The number of hydrogen-bond donors (Lipinski definition) is 2. The molecule has 4 nitrogen and oxygen atoms in total. The molecule has 2 aromatic heterocycles. The van der Waals surface area contributed by atoms with Crippen LogP contribution < -0.4 is 5.59 Å². The van der Waals surface area contributed by atoms with Gasteiger partial charge in [-0.15, -0.1) is 11.3 Å². The van der Waals surface area contributed by atoms with Gasteiger partial charge in [0.25, 0.3) is 0 Å². The van der Waals surface area contributed by atoms with E-state index in [0.717, 1.165) is 10.6 Å². The van der Waals surface area contributed by atoms with Crippen LogP contribution in [0, 0.1) is 0 Å². The summed E-state index contributed by atoms with van der Waals surface area (Å²) in [5.74, 6) is 0. The van der Waals surface area contributed by atoms with Crippen LogP contribution in [-0.2, 0) is 0 Å². The fraction of sp³-hybridized carbons (Fsp3) is 0. The molecular weight excluding hydrogens is 199 g/mol. The summed E-state index contributed by atoms with van der Waals surface area (Å²) in [5.41, 5.74) is 1.08. The molecule has 2 heterocycles. The van der Waals surface area contributed by atoms with Crippen LogP contribution in [0.3, 0.4) is 0 Å². The lowest BCUT2D eigenvalue weighted by Gasteiger charge is -2.00. The lowest BCUT2D eigenvalue weighted by atomic mass is 9.85. The Balaban J connectivity index is 2.41. The van der Waals surface area contributed by atoms with E-state index in [1.165, 1.54) is 17.5 Å². The molecule has 2 rings (SSSR count). The highest BCUT2D eigenvalue weighted by Gasteiger charge is 2.13. The van der Waals surface area contributed by atoms with Gasteiger partial charge in [-0.1, -0.05) is 0 Å². The Morgan fingerprint density at radius 1 is 1.21 bits per heavy atom. The number of pyridine rings is 1. The second kappa shape index (κ2) is 3.87. The first-order chi connectivity index (χ1) is 6.77. The van der Waals surface area contributed by atoms with Gasteiger partial charge in [0.2, 0.25) is 0 Å². The van der Waals surface area contributed by atoms with Crippen molar-refractivity contribution in [3.05, 3.63) is 29.9 Å². The fourth-order valence-corrected chi connectivity index (χ4v) is 1.72. The van der Waals surface area contributed by atoms with Crippen molar-refractivity contribution < 1.29 is 10.0 Å². The van der Waals surface area contributed by atoms with E-state index in [9.17, 15) is 0 Å². The van der Waals surface area contributed by atoms with Gasteiger partial charge in [-0.3, -0.25) is 4.98 Å². The maximum Gasteiger partial charge on any atom is 0.508 e. The minimum absolute atomic E-state index is 0.234. The third kappa shape index (κ3) is 1.82. The highest BCUT2D eigenvalue weighted by molar-refractivity contribution is 7.13. The van der Waals surface area contributed by atoms with E-state index >= 15 is 0 Å². The number of aromatic nitrogens is 2. The number of nitrogens with zero attached hydrogens (tertiary/aromatic N) is 2. The Kier molecular flexibility index (Phi) is 2.58. The van der Waals surface area contributed by atoms with E-state index < -0.39 is 7.12 Å². The predicted octanol–water partition coefficient (Wildman–Crippen LogP) is -0.115. The SMILES string of the molecule is OB(O)c1cc(-c2nccs2)ccn1. The highest BCUT2D eigenvalue weighted by Crippen LogP contribution is 2.19. The molecule has 0 saturated heterocycles. The van der Waals surface area contributed by atoms with E-state index in [4.69, 9.17) is 10.0 Å². The molecule has 0 aliphatic rings. The zero-order valence-electron chi connectivity index (χ0n) is 7.16. The molecule has 0 aliphatic carbocycles. The van der Waals surface area contributed by atoms with Crippen molar-refractivity contribution in [1.82, 2.24) is 9.97 Å². The summed E-state index contributed by atoms with van der Waals surface area (Å²) in [7, 11) is -1.53. The highest BCUT2D eigenvalue weighted by atomic mass is 32.1. The third-order valence-corrected chi connectivity index (χ3v) is 2.55. The standard InChI is InChI=1S/C8H7BN2O2S/c12-9(13)7-5-6(1-2-10-7)8-11-3-4-14-8/h1-5,12-13H. The normalized spacial score (nSPS) is 10.1. The van der Waals surface area contributed by atoms with Gasteiger partial charge in [0, 0.05) is 23.3 Å². The Morgan fingerprint density at radius 2 is 2.07 bits per heavy atom. The van der Waals surface area contributed by atoms with Gasteiger partial charge in [-0.05, 0) is 12.1 Å². The molecule has 0 aliphatic heterocycles. The molecular formula is C8H7BN2O2S. The first-order valence-corrected chi connectivity index (χ1v) is 4.87. The molecule has 6 heteroatoms. The van der Waals surface area contributed by atoms with Crippen molar-refractivity contribution in [2.24, 2.45) is 0 Å². The monoisotopic (exact) mass is 206 g/mol. The Morgan fingerprint density at radius 3 is 2.71 bits per heavy atom. The Hall–Kier alpha value is -1.24. The van der Waals surface area contributed by atoms with Gasteiger partial charge in [0.15, 0.2) is 0 Å². The van der Waals surface area contributed by atoms with Crippen molar-refractivity contribution in [2.45, 2.75) is 0 Å². The Labute approximate surface area is 85.0 Å². The van der Waals surface area contributed by atoms with Crippen LogP contribution in [0.2, 0.25) is 0 Å². The van der Waals surface area contributed by atoms with Crippen molar-refractivity contribution in [1.29, 1.82) is 0 Å². The molecule has 2 N–H and O–H groups in total. The van der Waals surface area contributed by atoms with Gasteiger partial charge in [-0.2, -0.15) is 0 Å². The molecule has 0 fully saturated rings. The summed E-state index contributed by atoms with van der Waals surface area (Å²) in [6, 6.07) is 3.40. The molecule has 0 unspecified atom stereocenters. The molecule has 0 saturated carbocycles. The van der Waals surface area contributed by atoms with Crippen molar-refractivity contribution >= 4 is 24.0 Å². The van der Waals surface area contributed by atoms with E-state index in [-0.39, 0.29) is 5.59 Å². The summed E-state index contributed by atoms with van der Waals surface area (Å²) in [5, 5.41) is 20.6. The summed E-state index contributed by atoms with van der Waals surface area (Å²) in [6.07, 6.45) is 3.24. The zero-order chi connectivity index (χ0) is 9.97. The topological polar surface area (TPSA) is 66.2 Å². The minimum atomic E-state index is -1.53. The second-order valence-corrected chi connectivity index (χ2v) is 3.57.